The summed E-state index contributed by atoms with van der Waals surface area (Å²) in [5, 5.41) is 63.3. The fourth-order valence-electron chi connectivity index (χ4n) is 9.42. The van der Waals surface area contributed by atoms with Gasteiger partial charge < -0.3 is 63.7 Å². The maximum atomic E-state index is 14.7. The van der Waals surface area contributed by atoms with Crippen LogP contribution in [0, 0.1) is 105 Å². The molecule has 2 bridgehead atoms. The van der Waals surface area contributed by atoms with E-state index in [1.807, 2.05) is 0 Å². The number of fused-ring (bicyclic) bond motifs is 5. The van der Waals surface area contributed by atoms with Crippen molar-refractivity contribution in [1.29, 1.82) is 0 Å². The molecule has 1 aromatic carbocycles. The zero-order valence-electron chi connectivity index (χ0n) is 35.1. The fraction of sp³-hybridized carbons (Fsp3) is 0.619. The van der Waals surface area contributed by atoms with Crippen LogP contribution in [0.1, 0.15) is 76.5 Å². The summed E-state index contributed by atoms with van der Waals surface area (Å²) >= 11 is 0. The average molecular weight is 1280 g/mol. The van der Waals surface area contributed by atoms with Crippen molar-refractivity contribution in [2.75, 3.05) is 33.0 Å². The van der Waals surface area contributed by atoms with E-state index < -0.39 is 107 Å². The van der Waals surface area contributed by atoms with Crippen LogP contribution in [0.25, 0.3) is 0 Å². The summed E-state index contributed by atoms with van der Waals surface area (Å²) in [6.07, 6.45) is -11.3. The average Bonchev–Trinajstić information content (AvgIpc) is 3.75. The molecule has 19 heteroatoms. The van der Waals surface area contributed by atoms with E-state index in [-0.39, 0.29) is 137 Å². The molecule has 0 spiro atoms. The molecule has 1 saturated heterocycles. The molecule has 2 radical (unpaired) electrons. The smallest absolute Gasteiger partial charge is 0.408 e. The molecule has 0 unspecified atom stereocenters. The Morgan fingerprint density at radius 2 is 1.59 bits per heavy atom. The van der Waals surface area contributed by atoms with Crippen molar-refractivity contribution >= 4 is 23.8 Å². The number of Topliss-reactive ketones (excluding diaryl/α,β-unsaturated/α-hetero) is 1. The predicted octanol–water partition coefficient (Wildman–Crippen LogP) is 1.92. The first-order valence-corrected chi connectivity index (χ1v) is 19.8. The number of amides is 1. The van der Waals surface area contributed by atoms with Gasteiger partial charge in [0.1, 0.15) is 41.3 Å². The largest absolute Gasteiger partial charge is 0.467 e. The molecule has 1 aromatic heterocycles. The van der Waals surface area contributed by atoms with Gasteiger partial charge in [0.15, 0.2) is 18.0 Å². The molecule has 2 saturated carbocycles. The van der Waals surface area contributed by atoms with Gasteiger partial charge in [0.05, 0.1) is 49.3 Å². The van der Waals surface area contributed by atoms with Crippen molar-refractivity contribution in [2.24, 2.45) is 16.7 Å². The zero-order valence-corrected chi connectivity index (χ0v) is 44.6. The van der Waals surface area contributed by atoms with Gasteiger partial charge in [0, 0.05) is 126 Å². The van der Waals surface area contributed by atoms with Gasteiger partial charge in [-0.25, -0.2) is 14.4 Å². The second kappa shape index (κ2) is 20.9. The molecule has 1 aliphatic heterocycles. The number of aliphatic hydroxyl groups is 5. The van der Waals surface area contributed by atoms with Gasteiger partial charge in [-0.1, -0.05) is 32.0 Å². The van der Waals surface area contributed by atoms with Crippen LogP contribution in [0.5, 0.6) is 0 Å². The molecular weight excluding hydrogens is 1230 g/mol. The molecule has 2 aromatic rings. The minimum atomic E-state index is -2.35. The third-order valence-electron chi connectivity index (χ3n) is 12.8. The van der Waals surface area contributed by atoms with Gasteiger partial charge >= 0.3 is 18.0 Å². The van der Waals surface area contributed by atoms with E-state index in [1.54, 1.807) is 32.0 Å². The number of aliphatic hydroxyl groups excluding tert-OH is 3. The maximum Gasteiger partial charge on any atom is 0.408 e. The SMILES string of the molecule is CCOCC(COCC)OC(=O)N[C@@H](c1ccco1)[C@@H](O)C(=O)O[C@H]1C[C@@]2(O)[C@@H](OC(=O)c3ccccc3)[C@@H]3[C@]4(O)CO[C@@H]4C[C@H](O)[C@@]3(C)C(=O)[C@H](O)C(=C1C)C2(C)C.[Ac].[Ac]. The van der Waals surface area contributed by atoms with Crippen LogP contribution < -0.4 is 5.32 Å². The Morgan fingerprint density at radius 1 is 0.951 bits per heavy atom. The van der Waals surface area contributed by atoms with Crippen molar-refractivity contribution in [3.63, 3.8) is 0 Å². The molecule has 61 heavy (non-hydrogen) atoms. The molecule has 6 rings (SSSR count). The van der Waals surface area contributed by atoms with E-state index in [2.05, 4.69) is 5.32 Å². The Labute approximate surface area is 425 Å². The minimum Gasteiger partial charge on any atom is -0.467 e. The molecule has 330 valence electrons. The van der Waals surface area contributed by atoms with E-state index >= 15 is 0 Å². The number of furan rings is 1. The summed E-state index contributed by atoms with van der Waals surface area (Å²) in [5.41, 5.74) is -7.74. The summed E-state index contributed by atoms with van der Waals surface area (Å²) < 4.78 is 39.5. The molecule has 4 aliphatic rings. The Balaban J connectivity index is 0.00000410. The normalized spacial score (nSPS) is 32.2. The number of esters is 2. The van der Waals surface area contributed by atoms with E-state index in [9.17, 15) is 44.7 Å². The number of ketones is 1. The number of benzene rings is 1. The fourth-order valence-corrected chi connectivity index (χ4v) is 9.42. The number of alkyl carbamates (subject to hydrolysis) is 1. The van der Waals surface area contributed by atoms with Crippen molar-refractivity contribution in [1.82, 2.24) is 5.32 Å². The van der Waals surface area contributed by atoms with Gasteiger partial charge in [-0.3, -0.25) is 4.79 Å². The van der Waals surface area contributed by atoms with Gasteiger partial charge in [0.2, 0.25) is 0 Å². The van der Waals surface area contributed by atoms with Crippen LogP contribution in [0.4, 0.5) is 4.79 Å². The topological polar surface area (TPSA) is 250 Å². The first-order chi connectivity index (χ1) is 27.9. The second-order valence-electron chi connectivity index (χ2n) is 16.5. The molecule has 11 atom stereocenters. The van der Waals surface area contributed by atoms with Crippen LogP contribution in [0.15, 0.2) is 64.3 Å². The molecule has 3 aliphatic carbocycles. The van der Waals surface area contributed by atoms with Crippen molar-refractivity contribution in [3.05, 3.63) is 71.2 Å². The minimum absolute atomic E-state index is 0. The molecule has 1 amide bonds. The third kappa shape index (κ3) is 9.66. The van der Waals surface area contributed by atoms with Crippen molar-refractivity contribution in [3.8, 4) is 0 Å². The van der Waals surface area contributed by atoms with E-state index in [0.717, 1.165) is 0 Å². The molecule has 6 N–H and O–H groups in total. The van der Waals surface area contributed by atoms with Crippen LogP contribution >= 0.6 is 0 Å². The summed E-state index contributed by atoms with van der Waals surface area (Å²) in [4.78, 5) is 55.9. The molecule has 3 fully saturated rings. The monoisotopic (exact) mass is 1280 g/mol. The van der Waals surface area contributed by atoms with E-state index in [0.29, 0.717) is 13.2 Å². The Kier molecular flexibility index (Phi) is 17.9. The van der Waals surface area contributed by atoms with Crippen LogP contribution in [-0.2, 0) is 38.0 Å². The summed E-state index contributed by atoms with van der Waals surface area (Å²) in [6.45, 7) is 9.82. The van der Waals surface area contributed by atoms with Gasteiger partial charge in [0.25, 0.3) is 0 Å². The van der Waals surface area contributed by atoms with Gasteiger partial charge in [-0.05, 0) is 63.1 Å². The van der Waals surface area contributed by atoms with Crippen molar-refractivity contribution in [2.45, 2.75) is 114 Å². The van der Waals surface area contributed by atoms with Crippen LogP contribution in [0.2, 0.25) is 0 Å². The van der Waals surface area contributed by atoms with Crippen molar-refractivity contribution < 1.29 is 166 Å². The summed E-state index contributed by atoms with van der Waals surface area (Å²) in [6, 6.07) is 9.15. The molecular formula is C42H55Ac2NO16. The number of hydrogen-bond donors (Lipinski definition) is 6. The standard InChI is InChI=1S/C42H55NO16.2Ac/c1-7-53-19-24(20-54-8-2)57-38(50)43-30(25-15-12-16-55-25)32(46)37(49)58-26-18-42(52)35(59-36(48)23-13-10-9-11-14-23)33-40(6,27(44)17-28-41(33,51)21-56-28)34(47)31(45)29(22(26)3)39(42,4)5;;/h9-16,24,26-28,30-33,35,44-46,51-52H,7-8,17-21H2,1-6H3,(H,43,50);;/t26-,27-,28+,30-,31+,32+,33-,35-,40+,41-,42+;;/m0../s1. The number of carbonyl (C=O) groups excluding carboxylic acids is 4. The Bertz CT molecular complexity index is 1890. The van der Waals surface area contributed by atoms with E-state index in [1.165, 1.54) is 58.2 Å². The van der Waals surface area contributed by atoms with Crippen LogP contribution in [0.3, 0.4) is 0 Å². The van der Waals surface area contributed by atoms with Gasteiger partial charge in [-0.15, -0.1) is 0 Å². The first kappa shape index (κ1) is 52.3. The summed E-state index contributed by atoms with van der Waals surface area (Å²) in [5.74, 6) is -4.74. The third-order valence-corrected chi connectivity index (χ3v) is 12.8. The number of hydrogen-bond acceptors (Lipinski definition) is 16. The van der Waals surface area contributed by atoms with Crippen LogP contribution in [-0.4, -0.2) is 136 Å². The Hall–Kier alpha value is -1.32. The Morgan fingerprint density at radius 3 is 2.15 bits per heavy atom. The maximum absolute atomic E-state index is 14.7. The number of nitrogens with one attached hydrogen (secondary N) is 1. The second-order valence-corrected chi connectivity index (χ2v) is 16.5. The molecule has 2 heterocycles. The summed E-state index contributed by atoms with van der Waals surface area (Å²) in [7, 11) is 0. The quantitative estimate of drug-likeness (QED) is 0.0899. The molecule has 17 nitrogen and oxygen atoms in total. The predicted molar refractivity (Wildman–Crippen MR) is 203 cm³/mol. The number of rotatable bonds is 14. The first-order valence-electron chi connectivity index (χ1n) is 19.8. The van der Waals surface area contributed by atoms with Gasteiger partial charge in [-0.2, -0.15) is 0 Å². The zero-order chi connectivity index (χ0) is 43.1. The van der Waals surface area contributed by atoms with E-state index in [4.69, 9.17) is 32.8 Å². The number of ether oxygens (including phenoxy) is 6. The number of carbonyl (C=O) groups is 4.